The van der Waals surface area contributed by atoms with Crippen molar-refractivity contribution in [3.8, 4) is 17.9 Å². The van der Waals surface area contributed by atoms with Gasteiger partial charge in [-0.1, -0.05) is 23.4 Å². The van der Waals surface area contributed by atoms with E-state index in [1.54, 1.807) is 6.07 Å². The Morgan fingerprint density at radius 1 is 1.53 bits per heavy atom. The van der Waals surface area contributed by atoms with Gasteiger partial charge in [0.05, 0.1) is 23.1 Å². The van der Waals surface area contributed by atoms with Crippen molar-refractivity contribution in [2.75, 3.05) is 0 Å². The first-order valence-corrected chi connectivity index (χ1v) is 4.41. The molecule has 15 heavy (non-hydrogen) atoms. The second-order valence-corrected chi connectivity index (χ2v) is 3.04. The molecular formula is C11H6ClNO2. The minimum atomic E-state index is -1.09. The average molecular weight is 220 g/mol. The zero-order chi connectivity index (χ0) is 11.3. The van der Waals surface area contributed by atoms with Crippen LogP contribution in [0.1, 0.15) is 22.3 Å². The number of rotatable bonds is 1. The molecule has 1 N–H and O–H groups in total. The Hall–Kier alpha value is -1.97. The van der Waals surface area contributed by atoms with Crippen LogP contribution in [-0.2, 0) is 0 Å². The van der Waals surface area contributed by atoms with Gasteiger partial charge in [-0.25, -0.2) is 4.79 Å². The minimum Gasteiger partial charge on any atom is -0.478 e. The van der Waals surface area contributed by atoms with Crippen molar-refractivity contribution >= 4 is 17.6 Å². The minimum absolute atomic E-state index is 0.0143. The standard InChI is InChI=1S/C11H6ClNO2/c12-10-5-4-8(3-1-2-6-13)7-9(10)11(14)15/h4-5,7H,2H2,(H,14,15). The third kappa shape index (κ3) is 3.02. The highest BCUT2D eigenvalue weighted by Crippen LogP contribution is 2.17. The predicted octanol–water partition coefficient (Wildman–Crippen LogP) is 2.30. The number of carbonyl (C=O) groups is 1. The number of aromatic carboxylic acids is 1. The molecule has 0 bridgehead atoms. The number of nitrogens with zero attached hydrogens (tertiary/aromatic N) is 1. The summed E-state index contributed by atoms with van der Waals surface area (Å²) in [6, 6.07) is 6.34. The molecule has 3 nitrogen and oxygen atoms in total. The maximum atomic E-state index is 10.7. The highest BCUT2D eigenvalue weighted by Gasteiger charge is 2.07. The molecule has 0 aliphatic rings. The molecule has 0 unspecified atom stereocenters. The van der Waals surface area contributed by atoms with Gasteiger partial charge in [0.2, 0.25) is 0 Å². The van der Waals surface area contributed by atoms with E-state index in [1.165, 1.54) is 12.1 Å². The molecule has 1 aromatic rings. The number of hydrogen-bond donors (Lipinski definition) is 1. The quantitative estimate of drug-likeness (QED) is 0.738. The molecule has 0 heterocycles. The Morgan fingerprint density at radius 2 is 2.27 bits per heavy atom. The highest BCUT2D eigenvalue weighted by atomic mass is 35.5. The second-order valence-electron chi connectivity index (χ2n) is 2.64. The molecule has 0 amide bonds. The molecule has 0 aliphatic heterocycles. The van der Waals surface area contributed by atoms with E-state index < -0.39 is 5.97 Å². The maximum Gasteiger partial charge on any atom is 0.337 e. The van der Waals surface area contributed by atoms with Crippen molar-refractivity contribution in [3.63, 3.8) is 0 Å². The summed E-state index contributed by atoms with van der Waals surface area (Å²) in [5.41, 5.74) is 0.549. The van der Waals surface area contributed by atoms with Crippen LogP contribution in [0, 0.1) is 23.2 Å². The van der Waals surface area contributed by atoms with Crippen molar-refractivity contribution in [1.82, 2.24) is 0 Å². The molecule has 0 saturated carbocycles. The van der Waals surface area contributed by atoms with Crippen LogP contribution in [-0.4, -0.2) is 11.1 Å². The summed E-state index contributed by atoms with van der Waals surface area (Å²) < 4.78 is 0. The molecule has 4 heteroatoms. The van der Waals surface area contributed by atoms with Crippen LogP contribution in [0.25, 0.3) is 0 Å². The summed E-state index contributed by atoms with van der Waals surface area (Å²) in [5, 5.41) is 17.2. The van der Waals surface area contributed by atoms with Crippen molar-refractivity contribution in [2.45, 2.75) is 6.42 Å². The lowest BCUT2D eigenvalue weighted by Gasteiger charge is -1.98. The molecule has 0 radical (unpaired) electrons. The van der Waals surface area contributed by atoms with Crippen molar-refractivity contribution < 1.29 is 9.90 Å². The monoisotopic (exact) mass is 219 g/mol. The molecule has 0 saturated heterocycles. The van der Waals surface area contributed by atoms with Gasteiger partial charge >= 0.3 is 5.97 Å². The summed E-state index contributed by atoms with van der Waals surface area (Å²) >= 11 is 5.67. The van der Waals surface area contributed by atoms with Gasteiger partial charge in [-0.3, -0.25) is 0 Å². The van der Waals surface area contributed by atoms with Gasteiger partial charge in [-0.15, -0.1) is 0 Å². The van der Waals surface area contributed by atoms with E-state index >= 15 is 0 Å². The van der Waals surface area contributed by atoms with Crippen LogP contribution in [0.5, 0.6) is 0 Å². The molecule has 1 rings (SSSR count). The third-order valence-electron chi connectivity index (χ3n) is 1.60. The number of halogens is 1. The lowest BCUT2D eigenvalue weighted by Crippen LogP contribution is -1.97. The van der Waals surface area contributed by atoms with Crippen LogP contribution >= 0.6 is 11.6 Å². The predicted molar refractivity (Wildman–Crippen MR) is 55.5 cm³/mol. The summed E-state index contributed by atoms with van der Waals surface area (Å²) in [6.45, 7) is 0. The van der Waals surface area contributed by atoms with E-state index in [0.29, 0.717) is 5.56 Å². The smallest absolute Gasteiger partial charge is 0.337 e. The van der Waals surface area contributed by atoms with Gasteiger partial charge in [0.15, 0.2) is 0 Å². The van der Waals surface area contributed by atoms with E-state index in [9.17, 15) is 4.79 Å². The molecule has 0 atom stereocenters. The Morgan fingerprint density at radius 3 is 2.87 bits per heavy atom. The van der Waals surface area contributed by atoms with Gasteiger partial charge < -0.3 is 5.11 Å². The zero-order valence-electron chi connectivity index (χ0n) is 7.62. The molecule has 0 spiro atoms. The molecule has 0 aromatic heterocycles. The van der Waals surface area contributed by atoms with Crippen LogP contribution in [0.3, 0.4) is 0 Å². The lowest BCUT2D eigenvalue weighted by atomic mass is 10.1. The van der Waals surface area contributed by atoms with Gasteiger partial charge in [0.25, 0.3) is 0 Å². The van der Waals surface area contributed by atoms with Crippen molar-refractivity contribution in [3.05, 3.63) is 34.3 Å². The zero-order valence-corrected chi connectivity index (χ0v) is 8.38. The van der Waals surface area contributed by atoms with Crippen molar-refractivity contribution in [1.29, 1.82) is 5.26 Å². The molecule has 0 fully saturated rings. The van der Waals surface area contributed by atoms with Crippen LogP contribution in [0.2, 0.25) is 5.02 Å². The first kappa shape index (κ1) is 11.1. The first-order valence-electron chi connectivity index (χ1n) is 4.04. The Bertz CT molecular complexity index is 492. The van der Waals surface area contributed by atoms with E-state index in [4.69, 9.17) is 22.0 Å². The summed E-state index contributed by atoms with van der Waals surface area (Å²) in [5.74, 6) is 4.17. The fourth-order valence-corrected chi connectivity index (χ4v) is 1.15. The van der Waals surface area contributed by atoms with Gasteiger partial charge in [0.1, 0.15) is 0 Å². The largest absolute Gasteiger partial charge is 0.478 e. The number of benzene rings is 1. The first-order chi connectivity index (χ1) is 7.15. The summed E-state index contributed by atoms with van der Waals surface area (Å²) in [7, 11) is 0. The number of nitriles is 1. The fraction of sp³-hybridized carbons (Fsp3) is 0.0909. The van der Waals surface area contributed by atoms with Gasteiger partial charge in [-0.2, -0.15) is 5.26 Å². The Balaban J connectivity index is 3.05. The van der Waals surface area contributed by atoms with Crippen LogP contribution < -0.4 is 0 Å². The maximum absolute atomic E-state index is 10.7. The third-order valence-corrected chi connectivity index (χ3v) is 1.93. The van der Waals surface area contributed by atoms with E-state index in [-0.39, 0.29) is 17.0 Å². The molecule has 1 aromatic carbocycles. The normalized spacial score (nSPS) is 8.53. The highest BCUT2D eigenvalue weighted by molar-refractivity contribution is 6.33. The van der Waals surface area contributed by atoms with Gasteiger partial charge in [0, 0.05) is 5.56 Å². The summed E-state index contributed by atoms with van der Waals surface area (Å²) in [6.07, 6.45) is 0.116. The Labute approximate surface area is 91.9 Å². The molecule has 0 aliphatic carbocycles. The molecular weight excluding hydrogens is 214 g/mol. The lowest BCUT2D eigenvalue weighted by molar-refractivity contribution is 0.0697. The summed E-state index contributed by atoms with van der Waals surface area (Å²) in [4.78, 5) is 10.7. The average Bonchev–Trinajstić information content (AvgIpc) is 2.20. The van der Waals surface area contributed by atoms with Crippen LogP contribution in [0.4, 0.5) is 0 Å². The molecule has 74 valence electrons. The SMILES string of the molecule is N#CCC#Cc1ccc(Cl)c(C(=O)O)c1. The Kier molecular flexibility index (Phi) is 3.74. The second kappa shape index (κ2) is 5.05. The topological polar surface area (TPSA) is 61.1 Å². The number of carboxylic acids is 1. The van der Waals surface area contributed by atoms with Crippen molar-refractivity contribution in [2.24, 2.45) is 0 Å². The number of carboxylic acid groups (broad SMARTS) is 1. The van der Waals surface area contributed by atoms with Gasteiger partial charge in [-0.05, 0) is 18.2 Å². The van der Waals surface area contributed by atoms with E-state index in [2.05, 4.69) is 11.8 Å². The van der Waals surface area contributed by atoms with E-state index in [0.717, 1.165) is 0 Å². The van der Waals surface area contributed by atoms with Crippen LogP contribution in [0.15, 0.2) is 18.2 Å². The van der Waals surface area contributed by atoms with E-state index in [1.807, 2.05) is 6.07 Å². The fourth-order valence-electron chi connectivity index (χ4n) is 0.953. The number of hydrogen-bond acceptors (Lipinski definition) is 2.